The van der Waals surface area contributed by atoms with Crippen LogP contribution in [0.1, 0.15) is 18.4 Å². The molecule has 0 aliphatic carbocycles. The number of rotatable bonds is 6. The van der Waals surface area contributed by atoms with Crippen molar-refractivity contribution in [2.24, 2.45) is 0 Å². The number of hydrogen-bond donors (Lipinski definition) is 0. The standard InChI is InChI=1S/C12H14BrClO2/c1-9-7-10(13)4-5-12(9)16-8-11(15)3-2-6-14/h4-5,7H,2-3,6,8H2,1H3. The van der Waals surface area contributed by atoms with E-state index in [1.165, 1.54) is 0 Å². The minimum atomic E-state index is 0.0861. The molecule has 0 amide bonds. The van der Waals surface area contributed by atoms with Crippen molar-refractivity contribution >= 4 is 33.3 Å². The Hall–Kier alpha value is -0.540. The van der Waals surface area contributed by atoms with E-state index in [4.69, 9.17) is 16.3 Å². The van der Waals surface area contributed by atoms with Gasteiger partial charge in [0.1, 0.15) is 12.4 Å². The number of aryl methyl sites for hydroxylation is 1. The fraction of sp³-hybridized carbons (Fsp3) is 0.417. The molecular formula is C12H14BrClO2. The number of alkyl halides is 1. The number of hydrogen-bond acceptors (Lipinski definition) is 2. The molecule has 1 aromatic carbocycles. The van der Waals surface area contributed by atoms with E-state index >= 15 is 0 Å². The maximum absolute atomic E-state index is 11.4. The van der Waals surface area contributed by atoms with Crippen LogP contribution in [0.5, 0.6) is 5.75 Å². The Kier molecular flexibility index (Phi) is 5.85. The van der Waals surface area contributed by atoms with Gasteiger partial charge in [-0.15, -0.1) is 11.6 Å². The van der Waals surface area contributed by atoms with Gasteiger partial charge in [-0.25, -0.2) is 0 Å². The Morgan fingerprint density at radius 2 is 2.25 bits per heavy atom. The summed E-state index contributed by atoms with van der Waals surface area (Å²) in [6.07, 6.45) is 1.20. The molecule has 1 aromatic rings. The molecule has 0 unspecified atom stereocenters. The van der Waals surface area contributed by atoms with Gasteiger partial charge < -0.3 is 4.74 Å². The molecule has 16 heavy (non-hydrogen) atoms. The second-order valence-corrected chi connectivity index (χ2v) is 4.82. The Morgan fingerprint density at radius 3 is 2.88 bits per heavy atom. The minimum Gasteiger partial charge on any atom is -0.486 e. The molecule has 0 heterocycles. The SMILES string of the molecule is Cc1cc(Br)ccc1OCC(=O)CCCCl. The van der Waals surface area contributed by atoms with Gasteiger partial charge in [0.15, 0.2) is 5.78 Å². The summed E-state index contributed by atoms with van der Waals surface area (Å²) in [7, 11) is 0. The van der Waals surface area contributed by atoms with Crippen molar-refractivity contribution in [3.63, 3.8) is 0 Å². The lowest BCUT2D eigenvalue weighted by molar-refractivity contribution is -0.121. The highest BCUT2D eigenvalue weighted by Gasteiger charge is 2.05. The lowest BCUT2D eigenvalue weighted by Gasteiger charge is -2.08. The summed E-state index contributed by atoms with van der Waals surface area (Å²) >= 11 is 8.88. The van der Waals surface area contributed by atoms with Crippen LogP contribution in [-0.2, 0) is 4.79 Å². The largest absolute Gasteiger partial charge is 0.486 e. The van der Waals surface area contributed by atoms with Gasteiger partial charge in [-0.2, -0.15) is 0 Å². The Labute approximate surface area is 109 Å². The zero-order valence-corrected chi connectivity index (χ0v) is 11.5. The summed E-state index contributed by atoms with van der Waals surface area (Å²) in [5, 5.41) is 0. The summed E-state index contributed by atoms with van der Waals surface area (Å²) in [5.74, 6) is 1.36. The van der Waals surface area contributed by atoms with Crippen LogP contribution >= 0.6 is 27.5 Å². The lowest BCUT2D eigenvalue weighted by atomic mass is 10.2. The first-order valence-corrected chi connectivity index (χ1v) is 6.43. The first-order chi connectivity index (χ1) is 7.63. The van der Waals surface area contributed by atoms with Crippen molar-refractivity contribution in [2.45, 2.75) is 19.8 Å². The molecule has 4 heteroatoms. The molecule has 0 bridgehead atoms. The van der Waals surface area contributed by atoms with Crippen LogP contribution in [0.4, 0.5) is 0 Å². The molecule has 2 nitrogen and oxygen atoms in total. The molecule has 0 aliphatic rings. The molecular weight excluding hydrogens is 291 g/mol. The summed E-state index contributed by atoms with van der Waals surface area (Å²) in [4.78, 5) is 11.4. The summed E-state index contributed by atoms with van der Waals surface area (Å²) < 4.78 is 6.44. The number of halogens is 2. The quantitative estimate of drug-likeness (QED) is 0.749. The number of ether oxygens (including phenoxy) is 1. The zero-order valence-electron chi connectivity index (χ0n) is 9.13. The average molecular weight is 306 g/mol. The van der Waals surface area contributed by atoms with E-state index in [9.17, 15) is 4.79 Å². The van der Waals surface area contributed by atoms with Crippen molar-refractivity contribution in [2.75, 3.05) is 12.5 Å². The van der Waals surface area contributed by atoms with Gasteiger partial charge in [0.2, 0.25) is 0 Å². The average Bonchev–Trinajstić information content (AvgIpc) is 2.25. The number of ketones is 1. The van der Waals surface area contributed by atoms with Crippen LogP contribution in [0, 0.1) is 6.92 Å². The van der Waals surface area contributed by atoms with Crippen molar-refractivity contribution < 1.29 is 9.53 Å². The molecule has 0 atom stereocenters. The highest BCUT2D eigenvalue weighted by molar-refractivity contribution is 9.10. The maximum Gasteiger partial charge on any atom is 0.170 e. The molecule has 1 rings (SSSR count). The van der Waals surface area contributed by atoms with Gasteiger partial charge in [0.05, 0.1) is 0 Å². The van der Waals surface area contributed by atoms with Crippen LogP contribution in [0.2, 0.25) is 0 Å². The van der Waals surface area contributed by atoms with E-state index in [1.54, 1.807) is 0 Å². The normalized spacial score (nSPS) is 10.2. The van der Waals surface area contributed by atoms with E-state index in [0.717, 1.165) is 15.8 Å². The molecule has 0 aliphatic heterocycles. The topological polar surface area (TPSA) is 26.3 Å². The Morgan fingerprint density at radius 1 is 1.50 bits per heavy atom. The zero-order chi connectivity index (χ0) is 12.0. The van der Waals surface area contributed by atoms with Crippen molar-refractivity contribution in [1.82, 2.24) is 0 Å². The molecule has 88 valence electrons. The third-order valence-corrected chi connectivity index (χ3v) is 2.88. The molecule has 0 spiro atoms. The minimum absolute atomic E-state index is 0.0861. The maximum atomic E-state index is 11.4. The Bertz CT molecular complexity index is 366. The summed E-state index contributed by atoms with van der Waals surface area (Å²) in [5.41, 5.74) is 1.01. The van der Waals surface area contributed by atoms with Crippen molar-refractivity contribution in [3.8, 4) is 5.75 Å². The molecule has 0 radical (unpaired) electrons. The smallest absolute Gasteiger partial charge is 0.170 e. The molecule has 0 aromatic heterocycles. The van der Waals surface area contributed by atoms with E-state index in [2.05, 4.69) is 15.9 Å². The lowest BCUT2D eigenvalue weighted by Crippen LogP contribution is -2.11. The first kappa shape index (κ1) is 13.5. The van der Waals surface area contributed by atoms with Gasteiger partial charge in [-0.05, 0) is 37.1 Å². The van der Waals surface area contributed by atoms with E-state index in [1.807, 2.05) is 25.1 Å². The second kappa shape index (κ2) is 6.92. The second-order valence-electron chi connectivity index (χ2n) is 3.53. The number of benzene rings is 1. The van der Waals surface area contributed by atoms with Gasteiger partial charge in [-0.3, -0.25) is 4.79 Å². The van der Waals surface area contributed by atoms with Crippen LogP contribution in [-0.4, -0.2) is 18.3 Å². The van der Waals surface area contributed by atoms with E-state index in [0.29, 0.717) is 18.7 Å². The molecule has 0 fully saturated rings. The molecule has 0 saturated carbocycles. The van der Waals surface area contributed by atoms with Crippen LogP contribution < -0.4 is 4.74 Å². The predicted octanol–water partition coefficient (Wildman–Crippen LogP) is 3.72. The summed E-state index contributed by atoms with van der Waals surface area (Å²) in [6.45, 7) is 2.07. The summed E-state index contributed by atoms with van der Waals surface area (Å²) in [6, 6.07) is 5.71. The number of carbonyl (C=O) groups is 1. The predicted molar refractivity (Wildman–Crippen MR) is 69.3 cm³/mol. The molecule has 0 saturated heterocycles. The highest BCUT2D eigenvalue weighted by atomic mass is 79.9. The van der Waals surface area contributed by atoms with Gasteiger partial charge in [-0.1, -0.05) is 15.9 Å². The Balaban J connectivity index is 2.45. The fourth-order valence-corrected chi connectivity index (χ4v) is 1.88. The van der Waals surface area contributed by atoms with Gasteiger partial charge in [0.25, 0.3) is 0 Å². The van der Waals surface area contributed by atoms with Crippen LogP contribution in [0.15, 0.2) is 22.7 Å². The third kappa shape index (κ3) is 4.54. The van der Waals surface area contributed by atoms with Crippen molar-refractivity contribution in [3.05, 3.63) is 28.2 Å². The van der Waals surface area contributed by atoms with Gasteiger partial charge >= 0.3 is 0 Å². The highest BCUT2D eigenvalue weighted by Crippen LogP contribution is 2.22. The van der Waals surface area contributed by atoms with E-state index < -0.39 is 0 Å². The van der Waals surface area contributed by atoms with Gasteiger partial charge in [0, 0.05) is 16.8 Å². The van der Waals surface area contributed by atoms with Crippen LogP contribution in [0.3, 0.4) is 0 Å². The first-order valence-electron chi connectivity index (χ1n) is 5.10. The number of Topliss-reactive ketones (excluding diaryl/α,β-unsaturated/α-hetero) is 1. The van der Waals surface area contributed by atoms with Crippen LogP contribution in [0.25, 0.3) is 0 Å². The number of carbonyl (C=O) groups excluding carboxylic acids is 1. The van der Waals surface area contributed by atoms with E-state index in [-0.39, 0.29) is 12.4 Å². The molecule has 0 N–H and O–H groups in total. The fourth-order valence-electron chi connectivity index (χ4n) is 1.27. The van der Waals surface area contributed by atoms with Crippen molar-refractivity contribution in [1.29, 1.82) is 0 Å². The monoisotopic (exact) mass is 304 g/mol. The third-order valence-electron chi connectivity index (χ3n) is 2.11.